The molecule has 0 bridgehead atoms. The summed E-state index contributed by atoms with van der Waals surface area (Å²) in [7, 11) is 0. The maximum absolute atomic E-state index is 4.09. The molecular weight excluding hydrogens is 158 g/mol. The highest BCUT2D eigenvalue weighted by molar-refractivity contribution is 5.48. The number of pyridine rings is 1. The first-order valence-corrected chi connectivity index (χ1v) is 4.98. The van der Waals surface area contributed by atoms with Crippen molar-refractivity contribution in [1.29, 1.82) is 0 Å². The zero-order valence-corrected chi connectivity index (χ0v) is 8.67. The third kappa shape index (κ3) is 2.18. The minimum atomic E-state index is 1.17. The van der Waals surface area contributed by atoms with Crippen molar-refractivity contribution < 1.29 is 0 Å². The molecule has 0 saturated carbocycles. The predicted molar refractivity (Wildman–Crippen MR) is 57.6 cm³/mol. The molecule has 1 aromatic rings. The normalized spacial score (nSPS) is 13.6. The van der Waals surface area contributed by atoms with Crippen LogP contribution in [-0.2, 0) is 0 Å². The van der Waals surface area contributed by atoms with E-state index < -0.39 is 0 Å². The van der Waals surface area contributed by atoms with Crippen LogP contribution in [0.25, 0.3) is 11.6 Å². The van der Waals surface area contributed by atoms with Crippen molar-refractivity contribution >= 4 is 11.6 Å². The lowest BCUT2D eigenvalue weighted by atomic mass is 10.0. The fourth-order valence-electron chi connectivity index (χ4n) is 1.54. The summed E-state index contributed by atoms with van der Waals surface area (Å²) in [5, 5.41) is 2.68. The molecule has 0 saturated heterocycles. The lowest BCUT2D eigenvalue weighted by Gasteiger charge is -2.04. The van der Waals surface area contributed by atoms with Crippen LogP contribution in [0.15, 0.2) is 18.5 Å². The van der Waals surface area contributed by atoms with Crippen LogP contribution in [0.2, 0.25) is 0 Å². The fourth-order valence-corrected chi connectivity index (χ4v) is 1.54. The zero-order valence-electron chi connectivity index (χ0n) is 8.67. The number of hydrogen-bond acceptors (Lipinski definition) is 1. The molecule has 0 atom stereocenters. The van der Waals surface area contributed by atoms with Crippen LogP contribution in [0.3, 0.4) is 0 Å². The highest BCUT2D eigenvalue weighted by Gasteiger charge is 1.97. The molecule has 0 aromatic carbocycles. The van der Waals surface area contributed by atoms with Gasteiger partial charge in [0.25, 0.3) is 0 Å². The molecule has 1 aliphatic carbocycles. The van der Waals surface area contributed by atoms with E-state index >= 15 is 0 Å². The number of rotatable bonds is 0. The monoisotopic (exact) mass is 175 g/mol. The zero-order chi connectivity index (χ0) is 9.68. The van der Waals surface area contributed by atoms with Gasteiger partial charge in [0.15, 0.2) is 0 Å². The molecule has 0 fully saturated rings. The molecule has 0 amide bonds. The third-order valence-corrected chi connectivity index (χ3v) is 2.20. The Morgan fingerprint density at radius 2 is 2.08 bits per heavy atom. The van der Waals surface area contributed by atoms with Gasteiger partial charge in [-0.05, 0) is 36.3 Å². The van der Waals surface area contributed by atoms with Crippen LogP contribution >= 0.6 is 0 Å². The minimum absolute atomic E-state index is 1.17. The smallest absolute Gasteiger partial charge is 0.0343 e. The van der Waals surface area contributed by atoms with E-state index in [4.69, 9.17) is 0 Å². The first-order chi connectivity index (χ1) is 6.38. The highest BCUT2D eigenvalue weighted by Crippen LogP contribution is 2.04. The van der Waals surface area contributed by atoms with Crippen molar-refractivity contribution in [2.75, 3.05) is 0 Å². The van der Waals surface area contributed by atoms with Gasteiger partial charge in [0.05, 0.1) is 0 Å². The van der Waals surface area contributed by atoms with E-state index in [1.807, 2.05) is 26.2 Å². The van der Waals surface area contributed by atoms with Crippen molar-refractivity contribution in [2.24, 2.45) is 0 Å². The van der Waals surface area contributed by atoms with Crippen LogP contribution in [-0.4, -0.2) is 4.98 Å². The number of hydrogen-bond donors (Lipinski definition) is 0. The van der Waals surface area contributed by atoms with Gasteiger partial charge in [-0.25, -0.2) is 0 Å². The molecule has 2 rings (SSSR count). The summed E-state index contributed by atoms with van der Waals surface area (Å²) in [4.78, 5) is 4.09. The molecule has 1 aliphatic rings. The lowest BCUT2D eigenvalue weighted by molar-refractivity contribution is 1.05. The molecule has 0 aliphatic heterocycles. The summed E-state index contributed by atoms with van der Waals surface area (Å²) in [6.45, 7) is 6.20. The third-order valence-electron chi connectivity index (χ3n) is 2.20. The second kappa shape index (κ2) is 4.80. The molecule has 70 valence electrons. The second-order valence-electron chi connectivity index (χ2n) is 2.99. The van der Waals surface area contributed by atoms with E-state index in [-0.39, 0.29) is 0 Å². The van der Waals surface area contributed by atoms with Crippen LogP contribution in [0, 0.1) is 0 Å². The molecule has 0 radical (unpaired) electrons. The van der Waals surface area contributed by atoms with Gasteiger partial charge in [0.2, 0.25) is 0 Å². The van der Waals surface area contributed by atoms with Crippen LogP contribution in [0.4, 0.5) is 0 Å². The predicted octanol–water partition coefficient (Wildman–Crippen LogP) is 1.85. The second-order valence-corrected chi connectivity index (χ2v) is 2.99. The van der Waals surface area contributed by atoms with Crippen molar-refractivity contribution in [1.82, 2.24) is 4.98 Å². The fraction of sp³-hybridized carbons (Fsp3) is 0.417. The molecular formula is C12H17N. The largest absolute Gasteiger partial charge is 0.264 e. The van der Waals surface area contributed by atoms with Gasteiger partial charge >= 0.3 is 0 Å². The van der Waals surface area contributed by atoms with Crippen LogP contribution < -0.4 is 10.4 Å². The molecule has 13 heavy (non-hydrogen) atoms. The summed E-state index contributed by atoms with van der Waals surface area (Å²) < 4.78 is 0. The molecule has 0 unspecified atom stereocenters. The van der Waals surface area contributed by atoms with Gasteiger partial charge in [-0.15, -0.1) is 0 Å². The van der Waals surface area contributed by atoms with Crippen molar-refractivity contribution in [2.45, 2.75) is 33.6 Å². The van der Waals surface area contributed by atoms with E-state index in [9.17, 15) is 0 Å². The summed E-state index contributed by atoms with van der Waals surface area (Å²) in [5.74, 6) is 0. The number of nitrogens with zero attached hydrogens (tertiary/aromatic N) is 1. The molecule has 1 heterocycles. The van der Waals surface area contributed by atoms with Crippen molar-refractivity contribution in [3.8, 4) is 0 Å². The van der Waals surface area contributed by atoms with E-state index in [0.717, 1.165) is 0 Å². The van der Waals surface area contributed by atoms with Gasteiger partial charge in [0, 0.05) is 12.4 Å². The van der Waals surface area contributed by atoms with Gasteiger partial charge in [0.1, 0.15) is 0 Å². The van der Waals surface area contributed by atoms with E-state index in [0.29, 0.717) is 0 Å². The summed E-state index contributed by atoms with van der Waals surface area (Å²) in [5.41, 5.74) is 1.49. The molecule has 0 N–H and O–H groups in total. The Balaban J connectivity index is 0.000000396. The molecule has 1 nitrogen and oxygen atoms in total. The average Bonchev–Trinajstić information content (AvgIpc) is 2.22. The Morgan fingerprint density at radius 3 is 2.77 bits per heavy atom. The lowest BCUT2D eigenvalue weighted by Crippen LogP contribution is -2.28. The van der Waals surface area contributed by atoms with Gasteiger partial charge < -0.3 is 0 Å². The summed E-state index contributed by atoms with van der Waals surface area (Å²) in [6, 6.07) is 2.10. The Hall–Kier alpha value is -1.11. The quantitative estimate of drug-likeness (QED) is 0.586. The van der Waals surface area contributed by atoms with E-state index in [2.05, 4.69) is 24.1 Å². The Bertz CT molecular complexity index is 376. The first kappa shape index (κ1) is 9.97. The Kier molecular flexibility index (Phi) is 3.69. The van der Waals surface area contributed by atoms with Crippen LogP contribution in [0.1, 0.15) is 33.6 Å². The van der Waals surface area contributed by atoms with E-state index in [1.165, 1.54) is 28.9 Å². The number of aromatic nitrogens is 1. The SMILES string of the molecule is CC.CC1=c2ccncc2=CCC1. The van der Waals surface area contributed by atoms with Gasteiger partial charge in [-0.3, -0.25) is 4.98 Å². The summed E-state index contributed by atoms with van der Waals surface area (Å²) in [6.07, 6.45) is 8.44. The maximum Gasteiger partial charge on any atom is 0.0343 e. The molecule has 1 aromatic heterocycles. The van der Waals surface area contributed by atoms with Gasteiger partial charge in [-0.1, -0.05) is 25.5 Å². The summed E-state index contributed by atoms with van der Waals surface area (Å²) >= 11 is 0. The molecule has 0 spiro atoms. The van der Waals surface area contributed by atoms with E-state index in [1.54, 1.807) is 0 Å². The highest BCUT2D eigenvalue weighted by atomic mass is 14.6. The number of fused-ring (bicyclic) bond motifs is 1. The maximum atomic E-state index is 4.09. The standard InChI is InChI=1S/C10H11N.C2H6/c1-8-3-2-4-9-7-11-6-5-10(8)9;1-2/h4-7H,2-3H2,1H3;1-2H3. The minimum Gasteiger partial charge on any atom is -0.264 e. The van der Waals surface area contributed by atoms with Crippen LogP contribution in [0.5, 0.6) is 0 Å². The topological polar surface area (TPSA) is 12.9 Å². The van der Waals surface area contributed by atoms with Crippen molar-refractivity contribution in [3.63, 3.8) is 0 Å². The van der Waals surface area contributed by atoms with Gasteiger partial charge in [-0.2, -0.15) is 0 Å². The first-order valence-electron chi connectivity index (χ1n) is 4.98. The van der Waals surface area contributed by atoms with Crippen molar-refractivity contribution in [3.05, 3.63) is 28.9 Å². The average molecular weight is 175 g/mol. The Labute approximate surface area is 79.8 Å². The Morgan fingerprint density at radius 1 is 1.31 bits per heavy atom. The molecule has 1 heteroatoms.